The van der Waals surface area contributed by atoms with Crippen LogP contribution in [0.2, 0.25) is 0 Å². The lowest BCUT2D eigenvalue weighted by molar-refractivity contribution is -0.131. The molecule has 1 aliphatic heterocycles. The van der Waals surface area contributed by atoms with Crippen molar-refractivity contribution in [2.75, 3.05) is 24.8 Å². The van der Waals surface area contributed by atoms with Gasteiger partial charge in [0.05, 0.1) is 19.3 Å². The highest BCUT2D eigenvalue weighted by atomic mass is 32.2. The standard InChI is InChI=1S/C29H32N6O5S/c1-19(2)34(20(3)36)18-26-30-15-17-32(26)21-6-8-22(9-7-21)33-16-14-25-27(29(33)37)35(31-28(25)41(5,38)39)23-10-12-24(40-4)13-11-23/h6-13,15,17,19H,14,16,18H2,1-5H3. The summed E-state index contributed by atoms with van der Waals surface area (Å²) in [6.45, 7) is 6.14. The zero-order chi connectivity index (χ0) is 29.5. The number of nitrogens with zero attached hydrogens (tertiary/aromatic N) is 6. The minimum atomic E-state index is -3.66. The first-order valence-corrected chi connectivity index (χ1v) is 15.1. The van der Waals surface area contributed by atoms with Gasteiger partial charge >= 0.3 is 0 Å². The van der Waals surface area contributed by atoms with Gasteiger partial charge in [-0.15, -0.1) is 0 Å². The molecule has 1 aliphatic rings. The second-order valence-corrected chi connectivity index (χ2v) is 12.1. The van der Waals surface area contributed by atoms with Crippen molar-refractivity contribution in [3.8, 4) is 17.1 Å². The van der Waals surface area contributed by atoms with Crippen LogP contribution >= 0.6 is 0 Å². The zero-order valence-corrected chi connectivity index (χ0v) is 24.4. The molecule has 214 valence electrons. The third-order valence-electron chi connectivity index (χ3n) is 7.14. The Morgan fingerprint density at radius 3 is 2.27 bits per heavy atom. The molecule has 0 saturated carbocycles. The molecule has 2 aromatic heterocycles. The van der Waals surface area contributed by atoms with Gasteiger partial charge in [0.25, 0.3) is 5.91 Å². The number of rotatable bonds is 8. The molecule has 2 amide bonds. The SMILES string of the molecule is COc1ccc(-n2nc(S(C)(=O)=O)c3c2C(=O)N(c2ccc(-n4ccnc4CN(C(C)=O)C(C)C)cc2)CC3)cc1. The van der Waals surface area contributed by atoms with Crippen molar-refractivity contribution < 1.29 is 22.7 Å². The number of aromatic nitrogens is 4. The fraction of sp³-hybridized carbons (Fsp3) is 0.310. The van der Waals surface area contributed by atoms with Crippen molar-refractivity contribution in [1.82, 2.24) is 24.2 Å². The minimum absolute atomic E-state index is 0.0270. The van der Waals surface area contributed by atoms with Crippen molar-refractivity contribution in [1.29, 1.82) is 0 Å². The summed E-state index contributed by atoms with van der Waals surface area (Å²) in [5, 5.41) is 4.29. The molecule has 0 atom stereocenters. The van der Waals surface area contributed by atoms with Crippen LogP contribution in [0.5, 0.6) is 5.75 Å². The molecule has 41 heavy (non-hydrogen) atoms. The van der Waals surface area contributed by atoms with Crippen molar-refractivity contribution in [3.63, 3.8) is 0 Å². The molecule has 0 unspecified atom stereocenters. The first-order chi connectivity index (χ1) is 19.5. The van der Waals surface area contributed by atoms with E-state index in [0.29, 0.717) is 42.2 Å². The van der Waals surface area contributed by atoms with Crippen molar-refractivity contribution in [2.45, 2.75) is 44.8 Å². The third-order valence-corrected chi connectivity index (χ3v) is 8.17. The molecule has 0 bridgehead atoms. The number of hydrogen-bond acceptors (Lipinski definition) is 7. The number of hydrogen-bond donors (Lipinski definition) is 0. The van der Waals surface area contributed by atoms with Crippen LogP contribution in [0.1, 0.15) is 42.6 Å². The summed E-state index contributed by atoms with van der Waals surface area (Å²) in [6, 6.07) is 14.4. The fourth-order valence-electron chi connectivity index (χ4n) is 5.07. The number of amides is 2. The zero-order valence-electron chi connectivity index (χ0n) is 23.6. The molecule has 0 fully saturated rings. The van der Waals surface area contributed by atoms with Crippen LogP contribution in [0.15, 0.2) is 66.0 Å². The van der Waals surface area contributed by atoms with Crippen molar-refractivity contribution in [2.24, 2.45) is 0 Å². The number of methoxy groups -OCH3 is 1. The summed E-state index contributed by atoms with van der Waals surface area (Å²) in [5.74, 6) is 0.984. The maximum Gasteiger partial charge on any atom is 0.277 e. The summed E-state index contributed by atoms with van der Waals surface area (Å²) >= 11 is 0. The molecule has 0 N–H and O–H groups in total. The van der Waals surface area contributed by atoms with E-state index in [0.717, 1.165) is 17.8 Å². The van der Waals surface area contributed by atoms with E-state index in [1.807, 2.05) is 48.9 Å². The molecule has 12 heteroatoms. The second kappa shape index (κ2) is 10.8. The lowest BCUT2D eigenvalue weighted by Gasteiger charge is -2.28. The highest BCUT2D eigenvalue weighted by Gasteiger charge is 2.36. The van der Waals surface area contributed by atoms with Gasteiger partial charge in [-0.25, -0.2) is 18.1 Å². The lowest BCUT2D eigenvalue weighted by atomic mass is 10.1. The number of imidazole rings is 1. The van der Waals surface area contributed by atoms with Gasteiger partial charge in [-0.1, -0.05) is 0 Å². The molecule has 0 radical (unpaired) electrons. The summed E-state index contributed by atoms with van der Waals surface area (Å²) in [5.41, 5.74) is 2.70. The van der Waals surface area contributed by atoms with Gasteiger partial charge in [0, 0.05) is 55.1 Å². The summed E-state index contributed by atoms with van der Waals surface area (Å²) in [7, 11) is -2.11. The molecule has 3 heterocycles. The van der Waals surface area contributed by atoms with Crippen LogP contribution in [0.25, 0.3) is 11.4 Å². The molecule has 0 spiro atoms. The van der Waals surface area contributed by atoms with Crippen LogP contribution in [-0.2, 0) is 27.6 Å². The van der Waals surface area contributed by atoms with E-state index in [2.05, 4.69) is 10.1 Å². The number of fused-ring (bicyclic) bond motifs is 1. The van der Waals surface area contributed by atoms with Crippen LogP contribution in [0.4, 0.5) is 5.69 Å². The number of sulfone groups is 1. The number of benzene rings is 2. The Morgan fingerprint density at radius 2 is 1.68 bits per heavy atom. The molecule has 2 aromatic carbocycles. The van der Waals surface area contributed by atoms with Crippen LogP contribution in [0.3, 0.4) is 0 Å². The van der Waals surface area contributed by atoms with Gasteiger partial charge in [0.15, 0.2) is 14.9 Å². The molecule has 0 saturated heterocycles. The predicted octanol–water partition coefficient (Wildman–Crippen LogP) is 3.43. The van der Waals surface area contributed by atoms with Gasteiger partial charge < -0.3 is 19.1 Å². The largest absolute Gasteiger partial charge is 0.497 e. The van der Waals surface area contributed by atoms with E-state index in [1.54, 1.807) is 54.3 Å². The van der Waals surface area contributed by atoms with Gasteiger partial charge in [-0.05, 0) is 68.8 Å². The average Bonchev–Trinajstić information content (AvgIpc) is 3.57. The molecule has 5 rings (SSSR count). The normalized spacial score (nSPS) is 13.4. The van der Waals surface area contributed by atoms with Crippen LogP contribution in [0, 0.1) is 0 Å². The highest BCUT2D eigenvalue weighted by molar-refractivity contribution is 7.90. The fourth-order valence-corrected chi connectivity index (χ4v) is 5.95. The van der Waals surface area contributed by atoms with Crippen molar-refractivity contribution >= 4 is 27.3 Å². The first kappa shape index (κ1) is 28.1. The Labute approximate surface area is 238 Å². The summed E-state index contributed by atoms with van der Waals surface area (Å²) in [4.78, 5) is 33.8. The monoisotopic (exact) mass is 576 g/mol. The van der Waals surface area contributed by atoms with E-state index in [9.17, 15) is 18.0 Å². The minimum Gasteiger partial charge on any atom is -0.497 e. The highest BCUT2D eigenvalue weighted by Crippen LogP contribution is 2.31. The Morgan fingerprint density at radius 1 is 1.05 bits per heavy atom. The summed E-state index contributed by atoms with van der Waals surface area (Å²) < 4.78 is 33.7. The van der Waals surface area contributed by atoms with Crippen LogP contribution < -0.4 is 9.64 Å². The van der Waals surface area contributed by atoms with Gasteiger partial charge in [-0.2, -0.15) is 5.10 Å². The van der Waals surface area contributed by atoms with Crippen molar-refractivity contribution in [3.05, 3.63) is 78.0 Å². The number of anilines is 1. The smallest absolute Gasteiger partial charge is 0.277 e. The molecular weight excluding hydrogens is 544 g/mol. The average molecular weight is 577 g/mol. The third kappa shape index (κ3) is 5.34. The molecule has 4 aromatic rings. The quantitative estimate of drug-likeness (QED) is 0.315. The van der Waals surface area contributed by atoms with E-state index in [-0.39, 0.29) is 28.6 Å². The van der Waals surface area contributed by atoms with E-state index < -0.39 is 9.84 Å². The van der Waals surface area contributed by atoms with Gasteiger partial charge in [0.1, 0.15) is 17.3 Å². The number of carbonyl (C=O) groups is 2. The molecule has 0 aliphatic carbocycles. The van der Waals surface area contributed by atoms with Gasteiger partial charge in [-0.3, -0.25) is 9.59 Å². The van der Waals surface area contributed by atoms with Crippen LogP contribution in [-0.4, -0.2) is 70.4 Å². The lowest BCUT2D eigenvalue weighted by Crippen LogP contribution is -2.39. The predicted molar refractivity (Wildman–Crippen MR) is 154 cm³/mol. The van der Waals surface area contributed by atoms with E-state index in [1.165, 1.54) is 4.68 Å². The Hall–Kier alpha value is -4.45. The van der Waals surface area contributed by atoms with E-state index in [4.69, 9.17) is 4.74 Å². The molecular formula is C29H32N6O5S. The molecule has 11 nitrogen and oxygen atoms in total. The topological polar surface area (TPSA) is 120 Å². The Balaban J connectivity index is 1.47. The number of ether oxygens (including phenoxy) is 1. The number of carbonyl (C=O) groups excluding carboxylic acids is 2. The maximum atomic E-state index is 13.9. The maximum absolute atomic E-state index is 13.9. The summed E-state index contributed by atoms with van der Waals surface area (Å²) in [6.07, 6.45) is 4.96. The first-order valence-electron chi connectivity index (χ1n) is 13.2. The Kier molecular flexibility index (Phi) is 7.43. The van der Waals surface area contributed by atoms with E-state index >= 15 is 0 Å². The van der Waals surface area contributed by atoms with Gasteiger partial charge in [0.2, 0.25) is 5.91 Å². The Bertz CT molecular complexity index is 1710. The second-order valence-electron chi connectivity index (χ2n) is 10.2.